The Kier molecular flexibility index (Phi) is 3.87. The van der Waals surface area contributed by atoms with Crippen LogP contribution in [0.5, 0.6) is 0 Å². The van der Waals surface area contributed by atoms with Crippen LogP contribution < -0.4 is 0 Å². The van der Waals surface area contributed by atoms with Gasteiger partial charge in [0.2, 0.25) is 0 Å². The minimum absolute atomic E-state index is 0.0872. The lowest BCUT2D eigenvalue weighted by Crippen LogP contribution is -2.53. The van der Waals surface area contributed by atoms with Gasteiger partial charge in [-0.3, -0.25) is 0 Å². The van der Waals surface area contributed by atoms with Gasteiger partial charge in [0.15, 0.2) is 0 Å². The van der Waals surface area contributed by atoms with Gasteiger partial charge in [-0.2, -0.15) is 0 Å². The Morgan fingerprint density at radius 2 is 1.58 bits per heavy atom. The fourth-order valence-electron chi connectivity index (χ4n) is 3.30. The summed E-state index contributed by atoms with van der Waals surface area (Å²) in [6.07, 6.45) is 4.38. The van der Waals surface area contributed by atoms with Crippen LogP contribution in [0.4, 0.5) is 0 Å². The molecule has 2 heterocycles. The molecule has 2 aliphatic rings. The molecule has 3 rings (SSSR count). The van der Waals surface area contributed by atoms with Crippen LogP contribution in [0, 0.1) is 0 Å². The van der Waals surface area contributed by atoms with Gasteiger partial charge in [0.05, 0.1) is 12.2 Å². The van der Waals surface area contributed by atoms with Crippen LogP contribution in [-0.2, 0) is 15.9 Å². The van der Waals surface area contributed by atoms with Crippen molar-refractivity contribution < 1.29 is 14.6 Å². The molecule has 104 valence electrons. The van der Waals surface area contributed by atoms with Gasteiger partial charge < -0.3 is 14.6 Å². The number of ether oxygens (including phenoxy) is 2. The molecular weight excluding hydrogens is 240 g/mol. The molecule has 1 aromatic rings. The molecule has 1 N–H and O–H groups in total. The summed E-state index contributed by atoms with van der Waals surface area (Å²) in [6.45, 7) is 1.52. The minimum Gasteiger partial charge on any atom is -0.384 e. The maximum atomic E-state index is 11.2. The predicted molar refractivity (Wildman–Crippen MR) is 73.0 cm³/mol. The van der Waals surface area contributed by atoms with E-state index in [0.717, 1.165) is 44.5 Å². The van der Waals surface area contributed by atoms with Crippen LogP contribution in [0.25, 0.3) is 0 Å². The Hall–Kier alpha value is -0.900. The third-order valence-corrected chi connectivity index (χ3v) is 4.30. The van der Waals surface area contributed by atoms with E-state index in [0.29, 0.717) is 6.42 Å². The zero-order chi connectivity index (χ0) is 13.1. The molecular formula is C16H22O3. The van der Waals surface area contributed by atoms with Crippen molar-refractivity contribution in [3.8, 4) is 0 Å². The summed E-state index contributed by atoms with van der Waals surface area (Å²) in [4.78, 5) is 0. The van der Waals surface area contributed by atoms with Gasteiger partial charge in [-0.25, -0.2) is 0 Å². The SMILES string of the molecule is OC(Cc1ccccc1)(C1CCCO1)C1CCCO1. The van der Waals surface area contributed by atoms with Crippen molar-refractivity contribution in [3.63, 3.8) is 0 Å². The van der Waals surface area contributed by atoms with Crippen molar-refractivity contribution in [2.75, 3.05) is 13.2 Å². The largest absolute Gasteiger partial charge is 0.384 e. The average molecular weight is 262 g/mol. The van der Waals surface area contributed by atoms with Crippen molar-refractivity contribution in [3.05, 3.63) is 35.9 Å². The van der Waals surface area contributed by atoms with Crippen molar-refractivity contribution in [2.24, 2.45) is 0 Å². The van der Waals surface area contributed by atoms with E-state index in [1.165, 1.54) is 0 Å². The Balaban J connectivity index is 1.82. The molecule has 2 saturated heterocycles. The molecule has 2 fully saturated rings. The first kappa shape index (κ1) is 13.1. The van der Waals surface area contributed by atoms with Crippen LogP contribution >= 0.6 is 0 Å². The highest BCUT2D eigenvalue weighted by Gasteiger charge is 2.47. The fourth-order valence-corrected chi connectivity index (χ4v) is 3.30. The number of hydrogen-bond donors (Lipinski definition) is 1. The Morgan fingerprint density at radius 3 is 2.05 bits per heavy atom. The molecule has 1 aromatic carbocycles. The summed E-state index contributed by atoms with van der Waals surface area (Å²) < 4.78 is 11.5. The van der Waals surface area contributed by atoms with E-state index in [9.17, 15) is 5.11 Å². The van der Waals surface area contributed by atoms with Crippen LogP contribution in [0.15, 0.2) is 30.3 Å². The van der Waals surface area contributed by atoms with Crippen LogP contribution in [0.2, 0.25) is 0 Å². The molecule has 0 spiro atoms. The molecule has 19 heavy (non-hydrogen) atoms. The van der Waals surface area contributed by atoms with Gasteiger partial charge in [0.25, 0.3) is 0 Å². The molecule has 2 atom stereocenters. The van der Waals surface area contributed by atoms with Gasteiger partial charge in [-0.15, -0.1) is 0 Å². The average Bonchev–Trinajstić information content (AvgIpc) is 3.14. The van der Waals surface area contributed by atoms with Crippen LogP contribution in [0.3, 0.4) is 0 Å². The molecule has 3 heteroatoms. The summed E-state index contributed by atoms with van der Waals surface area (Å²) in [5.41, 5.74) is 0.268. The van der Waals surface area contributed by atoms with E-state index in [-0.39, 0.29) is 12.2 Å². The third-order valence-electron chi connectivity index (χ3n) is 4.30. The quantitative estimate of drug-likeness (QED) is 0.905. The molecule has 0 aliphatic carbocycles. The minimum atomic E-state index is -0.881. The lowest BCUT2D eigenvalue weighted by molar-refractivity contribution is -0.154. The number of benzene rings is 1. The Morgan fingerprint density at radius 1 is 1.00 bits per heavy atom. The molecule has 2 unspecified atom stereocenters. The zero-order valence-electron chi connectivity index (χ0n) is 11.3. The first-order valence-corrected chi connectivity index (χ1v) is 7.28. The van der Waals surface area contributed by atoms with Gasteiger partial charge in [0, 0.05) is 19.6 Å². The number of hydrogen-bond acceptors (Lipinski definition) is 3. The van der Waals surface area contributed by atoms with E-state index in [2.05, 4.69) is 12.1 Å². The summed E-state index contributed by atoms with van der Waals surface area (Å²) in [7, 11) is 0. The zero-order valence-corrected chi connectivity index (χ0v) is 11.3. The predicted octanol–water partition coefficient (Wildman–Crippen LogP) is 2.32. The lowest BCUT2D eigenvalue weighted by atomic mass is 9.81. The molecule has 2 aliphatic heterocycles. The highest BCUT2D eigenvalue weighted by Crippen LogP contribution is 2.35. The van der Waals surface area contributed by atoms with Crippen LogP contribution in [-0.4, -0.2) is 36.1 Å². The first-order chi connectivity index (χ1) is 9.29. The molecule has 3 nitrogen and oxygen atoms in total. The van der Waals surface area contributed by atoms with Gasteiger partial charge >= 0.3 is 0 Å². The summed E-state index contributed by atoms with van der Waals surface area (Å²) in [5, 5.41) is 11.2. The molecule has 0 aromatic heterocycles. The van der Waals surface area contributed by atoms with Crippen LogP contribution in [0.1, 0.15) is 31.2 Å². The maximum Gasteiger partial charge on any atom is 0.121 e. The highest BCUT2D eigenvalue weighted by molar-refractivity contribution is 5.19. The fraction of sp³-hybridized carbons (Fsp3) is 0.625. The summed E-state index contributed by atoms with van der Waals surface area (Å²) in [5.74, 6) is 0. The topological polar surface area (TPSA) is 38.7 Å². The summed E-state index contributed by atoms with van der Waals surface area (Å²) >= 11 is 0. The Bertz CT molecular complexity index is 376. The van der Waals surface area contributed by atoms with E-state index < -0.39 is 5.60 Å². The second-order valence-electron chi connectivity index (χ2n) is 5.66. The highest BCUT2D eigenvalue weighted by atomic mass is 16.5. The first-order valence-electron chi connectivity index (χ1n) is 7.28. The summed E-state index contributed by atoms with van der Waals surface area (Å²) in [6, 6.07) is 10.2. The maximum absolute atomic E-state index is 11.2. The Labute approximate surface area is 114 Å². The van der Waals surface area contributed by atoms with Gasteiger partial charge in [-0.05, 0) is 31.2 Å². The number of aliphatic hydroxyl groups is 1. The van der Waals surface area contributed by atoms with Crippen molar-refractivity contribution in [2.45, 2.75) is 49.9 Å². The third kappa shape index (κ3) is 2.69. The van der Waals surface area contributed by atoms with E-state index in [1.807, 2.05) is 18.2 Å². The van der Waals surface area contributed by atoms with Crippen molar-refractivity contribution in [1.82, 2.24) is 0 Å². The van der Waals surface area contributed by atoms with Crippen molar-refractivity contribution in [1.29, 1.82) is 0 Å². The standard InChI is InChI=1S/C16H22O3/c17-16(14-8-4-10-18-14,15-9-5-11-19-15)12-13-6-2-1-3-7-13/h1-3,6-7,14-15,17H,4-5,8-12H2. The monoisotopic (exact) mass is 262 g/mol. The molecule has 0 radical (unpaired) electrons. The lowest BCUT2D eigenvalue weighted by Gasteiger charge is -2.38. The van der Waals surface area contributed by atoms with Gasteiger partial charge in [0.1, 0.15) is 5.60 Å². The molecule has 0 bridgehead atoms. The number of rotatable bonds is 4. The smallest absolute Gasteiger partial charge is 0.121 e. The van der Waals surface area contributed by atoms with Crippen molar-refractivity contribution >= 4 is 0 Å². The van der Waals surface area contributed by atoms with E-state index in [4.69, 9.17) is 9.47 Å². The van der Waals surface area contributed by atoms with E-state index in [1.54, 1.807) is 0 Å². The normalized spacial score (nSPS) is 30.4. The second-order valence-corrected chi connectivity index (χ2v) is 5.66. The molecule has 0 amide bonds. The second kappa shape index (κ2) is 5.61. The van der Waals surface area contributed by atoms with Gasteiger partial charge in [-0.1, -0.05) is 30.3 Å². The molecule has 0 saturated carbocycles. The van der Waals surface area contributed by atoms with E-state index >= 15 is 0 Å².